The van der Waals surface area contributed by atoms with Crippen LogP contribution in [0.2, 0.25) is 0 Å². The predicted octanol–water partition coefficient (Wildman–Crippen LogP) is 3.66. The molecule has 0 spiro atoms. The van der Waals surface area contributed by atoms with Crippen molar-refractivity contribution in [1.82, 2.24) is 9.36 Å². The van der Waals surface area contributed by atoms with E-state index in [4.69, 9.17) is 0 Å². The van der Waals surface area contributed by atoms with Crippen molar-refractivity contribution < 1.29 is 0 Å². The van der Waals surface area contributed by atoms with Crippen LogP contribution in [0.4, 0.5) is 0 Å². The largest absolute Gasteiger partial charge is 0.215 e. The predicted molar refractivity (Wildman–Crippen MR) is 65.1 cm³/mol. The zero-order valence-electron chi connectivity index (χ0n) is 7.92. The first kappa shape index (κ1) is 11.4. The summed E-state index contributed by atoms with van der Waals surface area (Å²) in [5.74, 6) is 0. The highest BCUT2D eigenvalue weighted by Crippen LogP contribution is 2.11. The minimum atomic E-state index is 0.895. The van der Waals surface area contributed by atoms with E-state index >= 15 is 0 Å². The maximum absolute atomic E-state index is 4.32. The van der Waals surface area contributed by atoms with E-state index in [1.54, 1.807) is 11.5 Å². The van der Waals surface area contributed by atoms with E-state index in [0.717, 1.165) is 10.3 Å². The van der Waals surface area contributed by atoms with Gasteiger partial charge in [-0.15, -0.1) is 0 Å². The van der Waals surface area contributed by atoms with Gasteiger partial charge in [0.15, 0.2) is 0 Å². The average Bonchev–Trinajstić information content (AvgIpc) is 2.51. The number of halogens is 1. The Balaban J connectivity index is 2.06. The fourth-order valence-electron chi connectivity index (χ4n) is 1.22. The van der Waals surface area contributed by atoms with Gasteiger partial charge in [-0.05, 0) is 18.0 Å². The molecule has 0 atom stereocenters. The highest BCUT2D eigenvalue weighted by molar-refractivity contribution is 14.1. The molecule has 1 aromatic heterocycles. The number of hydrogen-bond donors (Lipinski definition) is 0. The van der Waals surface area contributed by atoms with Gasteiger partial charge < -0.3 is 0 Å². The first-order valence-corrected chi connectivity index (χ1v) is 6.66. The molecule has 0 aliphatic rings. The van der Waals surface area contributed by atoms with Gasteiger partial charge in [0.25, 0.3) is 0 Å². The molecule has 0 unspecified atom stereocenters. The number of unbranched alkanes of at least 4 members (excludes halogenated alkanes) is 4. The average molecular weight is 310 g/mol. The third-order valence-electron chi connectivity index (χ3n) is 1.94. The summed E-state index contributed by atoms with van der Waals surface area (Å²) in [6.45, 7) is 2.24. The monoisotopic (exact) mass is 310 g/mol. The molecule has 0 N–H and O–H groups in total. The van der Waals surface area contributed by atoms with Crippen LogP contribution in [0, 0.1) is 3.83 Å². The van der Waals surface area contributed by atoms with Crippen molar-refractivity contribution in [2.75, 3.05) is 0 Å². The van der Waals surface area contributed by atoms with Gasteiger partial charge in [-0.2, -0.15) is 4.37 Å². The standard InChI is InChI=1S/C9H15IN2S/c1-2-3-4-5-6-7-8-11-9(10)12-13-8/h2-7H2,1H3. The molecule has 1 rings (SSSR count). The van der Waals surface area contributed by atoms with Crippen LogP contribution in [-0.4, -0.2) is 9.36 Å². The molecular formula is C9H15IN2S. The molecule has 1 aromatic rings. The molecule has 0 aliphatic heterocycles. The SMILES string of the molecule is CCCCCCCc1nc(I)ns1. The minimum Gasteiger partial charge on any atom is -0.215 e. The first-order chi connectivity index (χ1) is 6.33. The van der Waals surface area contributed by atoms with E-state index in [9.17, 15) is 0 Å². The zero-order chi connectivity index (χ0) is 9.52. The normalized spacial score (nSPS) is 10.6. The fourth-order valence-corrected chi connectivity index (χ4v) is 2.55. The molecule has 2 nitrogen and oxygen atoms in total. The maximum atomic E-state index is 4.32. The van der Waals surface area contributed by atoms with Crippen LogP contribution in [0.15, 0.2) is 0 Å². The summed E-state index contributed by atoms with van der Waals surface area (Å²) in [5.41, 5.74) is 0. The Morgan fingerprint density at radius 1 is 1.23 bits per heavy atom. The third-order valence-corrected chi connectivity index (χ3v) is 3.52. The lowest BCUT2D eigenvalue weighted by molar-refractivity contribution is 0.631. The van der Waals surface area contributed by atoms with Crippen LogP contribution >= 0.6 is 34.1 Å². The topological polar surface area (TPSA) is 25.8 Å². The highest BCUT2D eigenvalue weighted by Gasteiger charge is 1.99. The van der Waals surface area contributed by atoms with E-state index in [0.29, 0.717) is 0 Å². The van der Waals surface area contributed by atoms with Gasteiger partial charge in [-0.3, -0.25) is 0 Å². The van der Waals surface area contributed by atoms with Crippen molar-refractivity contribution in [3.63, 3.8) is 0 Å². The van der Waals surface area contributed by atoms with Crippen molar-refractivity contribution in [2.45, 2.75) is 45.4 Å². The van der Waals surface area contributed by atoms with Gasteiger partial charge >= 0.3 is 0 Å². The Bertz CT molecular complexity index is 237. The van der Waals surface area contributed by atoms with Gasteiger partial charge in [0.2, 0.25) is 3.83 Å². The van der Waals surface area contributed by atoms with Crippen molar-refractivity contribution in [2.24, 2.45) is 0 Å². The van der Waals surface area contributed by atoms with Gasteiger partial charge in [0.1, 0.15) is 5.01 Å². The molecular weight excluding hydrogens is 295 g/mol. The molecule has 0 radical (unpaired) electrons. The van der Waals surface area contributed by atoms with Crippen LogP contribution in [0.3, 0.4) is 0 Å². The van der Waals surface area contributed by atoms with Gasteiger partial charge in [0.05, 0.1) is 0 Å². The molecule has 4 heteroatoms. The lowest BCUT2D eigenvalue weighted by Gasteiger charge is -1.96. The molecule has 0 saturated heterocycles. The summed E-state index contributed by atoms with van der Waals surface area (Å²) in [7, 11) is 0. The Kier molecular flexibility index (Phi) is 5.86. The Morgan fingerprint density at radius 2 is 2.00 bits per heavy atom. The Morgan fingerprint density at radius 3 is 2.62 bits per heavy atom. The van der Waals surface area contributed by atoms with Crippen LogP contribution in [0.5, 0.6) is 0 Å². The molecule has 0 saturated carbocycles. The quantitative estimate of drug-likeness (QED) is 0.592. The third kappa shape index (κ3) is 4.90. The van der Waals surface area contributed by atoms with Gasteiger partial charge in [0, 0.05) is 29.0 Å². The van der Waals surface area contributed by atoms with Gasteiger partial charge in [-0.25, -0.2) is 4.98 Å². The summed E-state index contributed by atoms with van der Waals surface area (Å²) in [4.78, 5) is 4.32. The van der Waals surface area contributed by atoms with Crippen LogP contribution in [0.1, 0.15) is 44.0 Å². The zero-order valence-corrected chi connectivity index (χ0v) is 10.9. The smallest absolute Gasteiger partial charge is 0.203 e. The Hall–Kier alpha value is 0.290. The van der Waals surface area contributed by atoms with Crippen LogP contribution in [-0.2, 0) is 6.42 Å². The van der Waals surface area contributed by atoms with Crippen LogP contribution < -0.4 is 0 Å². The van der Waals surface area contributed by atoms with Crippen LogP contribution in [0.25, 0.3) is 0 Å². The summed E-state index contributed by atoms with van der Waals surface area (Å²) in [5, 5.41) is 1.20. The molecule has 1 heterocycles. The fraction of sp³-hybridized carbons (Fsp3) is 0.778. The van der Waals surface area contributed by atoms with E-state index in [2.05, 4.69) is 38.9 Å². The minimum absolute atomic E-state index is 0.895. The Labute approximate surface area is 97.5 Å². The number of aromatic nitrogens is 2. The second-order valence-electron chi connectivity index (χ2n) is 3.12. The summed E-state index contributed by atoms with van der Waals surface area (Å²) < 4.78 is 5.04. The van der Waals surface area contributed by atoms with Crippen molar-refractivity contribution in [3.05, 3.63) is 8.84 Å². The number of nitrogens with zero attached hydrogens (tertiary/aromatic N) is 2. The van der Waals surface area contributed by atoms with Crippen molar-refractivity contribution >= 4 is 34.1 Å². The summed E-state index contributed by atoms with van der Waals surface area (Å²) in [6, 6.07) is 0. The lowest BCUT2D eigenvalue weighted by atomic mass is 10.1. The summed E-state index contributed by atoms with van der Waals surface area (Å²) >= 11 is 3.71. The lowest BCUT2D eigenvalue weighted by Crippen LogP contribution is -1.85. The number of aryl methyl sites for hydroxylation is 1. The summed E-state index contributed by atoms with van der Waals surface area (Å²) in [6.07, 6.45) is 7.77. The number of hydrogen-bond acceptors (Lipinski definition) is 3. The van der Waals surface area contributed by atoms with E-state index in [1.165, 1.54) is 37.1 Å². The molecule has 0 bridgehead atoms. The van der Waals surface area contributed by atoms with Crippen molar-refractivity contribution in [1.29, 1.82) is 0 Å². The van der Waals surface area contributed by atoms with E-state index in [1.807, 2.05) is 0 Å². The molecule has 0 aromatic carbocycles. The second kappa shape index (κ2) is 6.70. The van der Waals surface area contributed by atoms with Gasteiger partial charge in [-0.1, -0.05) is 32.6 Å². The molecule has 0 amide bonds. The molecule has 0 fully saturated rings. The highest BCUT2D eigenvalue weighted by atomic mass is 127. The molecule has 13 heavy (non-hydrogen) atoms. The first-order valence-electron chi connectivity index (χ1n) is 4.81. The molecule has 74 valence electrons. The molecule has 0 aliphatic carbocycles. The number of rotatable bonds is 6. The van der Waals surface area contributed by atoms with E-state index in [-0.39, 0.29) is 0 Å². The van der Waals surface area contributed by atoms with Crippen molar-refractivity contribution in [3.8, 4) is 0 Å². The van der Waals surface area contributed by atoms with E-state index < -0.39 is 0 Å². The second-order valence-corrected chi connectivity index (χ2v) is 4.92. The maximum Gasteiger partial charge on any atom is 0.203 e.